The monoisotopic (exact) mass is 342 g/mol. The Morgan fingerprint density at radius 2 is 2.20 bits per heavy atom. The van der Waals surface area contributed by atoms with Crippen LogP contribution in [-0.4, -0.2) is 36.8 Å². The summed E-state index contributed by atoms with van der Waals surface area (Å²) in [5.41, 5.74) is 3.18. The molecule has 0 bridgehead atoms. The molecule has 0 radical (unpaired) electrons. The molecular formula is C19H22N2O4. The summed E-state index contributed by atoms with van der Waals surface area (Å²) in [5.74, 6) is 0.901. The van der Waals surface area contributed by atoms with Crippen molar-refractivity contribution in [3.05, 3.63) is 47.3 Å². The minimum atomic E-state index is -0.962. The molecule has 1 heterocycles. The molecule has 1 aromatic carbocycles. The molecule has 0 amide bonds. The Hall–Kier alpha value is -2.76. The van der Waals surface area contributed by atoms with Crippen molar-refractivity contribution >= 4 is 11.7 Å². The Bertz CT molecular complexity index is 759. The Morgan fingerprint density at radius 1 is 1.36 bits per heavy atom. The molecule has 1 atom stereocenters. The van der Waals surface area contributed by atoms with E-state index in [1.165, 1.54) is 23.4 Å². The van der Waals surface area contributed by atoms with E-state index in [2.05, 4.69) is 16.4 Å². The van der Waals surface area contributed by atoms with Gasteiger partial charge in [-0.2, -0.15) is 0 Å². The zero-order valence-corrected chi connectivity index (χ0v) is 14.4. The quantitative estimate of drug-likeness (QED) is 0.838. The van der Waals surface area contributed by atoms with Gasteiger partial charge in [0.1, 0.15) is 11.5 Å². The zero-order valence-electron chi connectivity index (χ0n) is 14.4. The maximum absolute atomic E-state index is 11.3. The van der Waals surface area contributed by atoms with Crippen LogP contribution in [0.1, 0.15) is 40.2 Å². The zero-order chi connectivity index (χ0) is 17.8. The normalized spacial score (nSPS) is 16.0. The van der Waals surface area contributed by atoms with Crippen molar-refractivity contribution < 1.29 is 19.4 Å². The second-order valence-corrected chi connectivity index (χ2v) is 6.10. The molecule has 1 aliphatic rings. The molecule has 0 saturated heterocycles. The van der Waals surface area contributed by atoms with E-state index in [0.717, 1.165) is 30.8 Å². The SMILES string of the molecule is COc1cc2c(c(OC)c1)C(CNc1cnccc1C(=O)O)CCC2. The highest BCUT2D eigenvalue weighted by atomic mass is 16.5. The number of aryl methyl sites for hydroxylation is 1. The van der Waals surface area contributed by atoms with Gasteiger partial charge in [0.2, 0.25) is 0 Å². The lowest BCUT2D eigenvalue weighted by molar-refractivity contribution is 0.0698. The predicted octanol–water partition coefficient (Wildman–Crippen LogP) is 3.33. The highest BCUT2D eigenvalue weighted by molar-refractivity contribution is 5.93. The van der Waals surface area contributed by atoms with Crippen molar-refractivity contribution in [3.63, 3.8) is 0 Å². The summed E-state index contributed by atoms with van der Waals surface area (Å²) in [5, 5.41) is 12.6. The molecule has 25 heavy (non-hydrogen) atoms. The van der Waals surface area contributed by atoms with Crippen LogP contribution in [0.5, 0.6) is 11.5 Å². The molecule has 1 unspecified atom stereocenters. The van der Waals surface area contributed by atoms with Crippen LogP contribution in [0.25, 0.3) is 0 Å². The van der Waals surface area contributed by atoms with Gasteiger partial charge in [0, 0.05) is 30.3 Å². The number of anilines is 1. The van der Waals surface area contributed by atoms with Gasteiger partial charge in [0.25, 0.3) is 0 Å². The number of hydrogen-bond donors (Lipinski definition) is 2. The number of aromatic nitrogens is 1. The highest BCUT2D eigenvalue weighted by Gasteiger charge is 2.25. The van der Waals surface area contributed by atoms with Crippen molar-refractivity contribution in [3.8, 4) is 11.5 Å². The maximum atomic E-state index is 11.3. The standard InChI is InChI=1S/C19H22N2O4/c1-24-14-8-12-4-3-5-13(18(12)17(9-14)25-2)10-21-16-11-20-7-6-15(16)19(22)23/h6-9,11,13,21H,3-5,10H2,1-2H3,(H,22,23). The van der Waals surface area contributed by atoms with Crippen LogP contribution in [0, 0.1) is 0 Å². The van der Waals surface area contributed by atoms with Crippen LogP contribution in [0.15, 0.2) is 30.6 Å². The first kappa shape index (κ1) is 17.1. The van der Waals surface area contributed by atoms with Crippen LogP contribution < -0.4 is 14.8 Å². The third kappa shape index (κ3) is 3.52. The Labute approximate surface area is 146 Å². The second kappa shape index (κ2) is 7.42. The molecule has 6 nitrogen and oxygen atoms in total. The van der Waals surface area contributed by atoms with E-state index < -0.39 is 5.97 Å². The number of carbonyl (C=O) groups is 1. The maximum Gasteiger partial charge on any atom is 0.337 e. The van der Waals surface area contributed by atoms with Crippen molar-refractivity contribution in [2.45, 2.75) is 25.2 Å². The average Bonchev–Trinajstić information content (AvgIpc) is 2.65. The molecule has 0 fully saturated rings. The number of carboxylic acids is 1. The number of rotatable bonds is 6. The van der Waals surface area contributed by atoms with E-state index >= 15 is 0 Å². The molecule has 0 aliphatic heterocycles. The summed E-state index contributed by atoms with van der Waals surface area (Å²) < 4.78 is 10.9. The van der Waals surface area contributed by atoms with Gasteiger partial charge in [-0.25, -0.2) is 4.79 Å². The van der Waals surface area contributed by atoms with Crippen molar-refractivity contribution in [1.82, 2.24) is 4.98 Å². The van der Waals surface area contributed by atoms with E-state index in [9.17, 15) is 9.90 Å². The third-order valence-electron chi connectivity index (χ3n) is 4.65. The number of nitrogens with zero attached hydrogens (tertiary/aromatic N) is 1. The van der Waals surface area contributed by atoms with Gasteiger partial charge in [-0.05, 0) is 37.0 Å². The largest absolute Gasteiger partial charge is 0.497 e. The van der Waals surface area contributed by atoms with E-state index in [1.54, 1.807) is 20.4 Å². The number of fused-ring (bicyclic) bond motifs is 1. The molecule has 6 heteroatoms. The second-order valence-electron chi connectivity index (χ2n) is 6.10. The summed E-state index contributed by atoms with van der Waals surface area (Å²) in [7, 11) is 3.32. The summed E-state index contributed by atoms with van der Waals surface area (Å²) in [6, 6.07) is 5.48. The number of pyridine rings is 1. The molecule has 132 valence electrons. The molecule has 2 N–H and O–H groups in total. The van der Waals surface area contributed by atoms with Crippen LogP contribution >= 0.6 is 0 Å². The van der Waals surface area contributed by atoms with Crippen molar-refractivity contribution in [2.24, 2.45) is 0 Å². The topological polar surface area (TPSA) is 80.7 Å². The summed E-state index contributed by atoms with van der Waals surface area (Å²) in [6.45, 7) is 0.627. The number of methoxy groups -OCH3 is 2. The van der Waals surface area contributed by atoms with Gasteiger partial charge < -0.3 is 19.9 Å². The van der Waals surface area contributed by atoms with Crippen LogP contribution in [-0.2, 0) is 6.42 Å². The highest BCUT2D eigenvalue weighted by Crippen LogP contribution is 2.40. The molecule has 1 aromatic heterocycles. The Morgan fingerprint density at radius 3 is 2.92 bits per heavy atom. The van der Waals surface area contributed by atoms with Crippen LogP contribution in [0.2, 0.25) is 0 Å². The summed E-state index contributed by atoms with van der Waals surface area (Å²) >= 11 is 0. The summed E-state index contributed by atoms with van der Waals surface area (Å²) in [4.78, 5) is 15.4. The number of hydrogen-bond acceptors (Lipinski definition) is 5. The first-order valence-corrected chi connectivity index (χ1v) is 8.30. The Kier molecular flexibility index (Phi) is 5.07. The van der Waals surface area contributed by atoms with E-state index in [0.29, 0.717) is 12.2 Å². The lowest BCUT2D eigenvalue weighted by Crippen LogP contribution is -2.20. The number of benzene rings is 1. The molecular weight excluding hydrogens is 320 g/mol. The lowest BCUT2D eigenvalue weighted by atomic mass is 9.82. The van der Waals surface area contributed by atoms with Gasteiger partial charge in [-0.1, -0.05) is 0 Å². The number of aromatic carboxylic acids is 1. The fourth-order valence-corrected chi connectivity index (χ4v) is 3.46. The summed E-state index contributed by atoms with van der Waals surface area (Å²) in [6.07, 6.45) is 6.13. The van der Waals surface area contributed by atoms with Crippen LogP contribution in [0.3, 0.4) is 0 Å². The fraction of sp³-hybridized carbons (Fsp3) is 0.368. The van der Waals surface area contributed by atoms with E-state index in [-0.39, 0.29) is 11.5 Å². The fourth-order valence-electron chi connectivity index (χ4n) is 3.46. The number of nitrogens with one attached hydrogen (secondary N) is 1. The van der Waals surface area contributed by atoms with Gasteiger partial charge >= 0.3 is 5.97 Å². The lowest BCUT2D eigenvalue weighted by Gasteiger charge is -2.28. The molecule has 1 aliphatic carbocycles. The minimum Gasteiger partial charge on any atom is -0.497 e. The van der Waals surface area contributed by atoms with E-state index in [4.69, 9.17) is 9.47 Å². The van der Waals surface area contributed by atoms with Gasteiger partial charge in [0.05, 0.1) is 31.7 Å². The number of ether oxygens (including phenoxy) is 2. The third-order valence-corrected chi connectivity index (χ3v) is 4.65. The van der Waals surface area contributed by atoms with Gasteiger partial charge in [-0.3, -0.25) is 4.98 Å². The van der Waals surface area contributed by atoms with Crippen molar-refractivity contribution in [2.75, 3.05) is 26.1 Å². The molecule has 2 aromatic rings. The number of carboxylic acid groups (broad SMARTS) is 1. The van der Waals surface area contributed by atoms with Crippen LogP contribution in [0.4, 0.5) is 5.69 Å². The first-order chi connectivity index (χ1) is 12.1. The van der Waals surface area contributed by atoms with Crippen molar-refractivity contribution in [1.29, 1.82) is 0 Å². The van der Waals surface area contributed by atoms with Gasteiger partial charge in [0.15, 0.2) is 0 Å². The smallest absolute Gasteiger partial charge is 0.337 e. The van der Waals surface area contributed by atoms with E-state index in [1.807, 2.05) is 6.07 Å². The molecule has 0 saturated carbocycles. The minimum absolute atomic E-state index is 0.229. The predicted molar refractivity (Wildman–Crippen MR) is 94.9 cm³/mol. The molecule has 3 rings (SSSR count). The first-order valence-electron chi connectivity index (χ1n) is 8.30. The molecule has 0 spiro atoms. The Balaban J connectivity index is 1.86. The van der Waals surface area contributed by atoms with Gasteiger partial charge in [-0.15, -0.1) is 0 Å². The average molecular weight is 342 g/mol.